The fraction of sp³-hybridized carbons (Fsp3) is 0.130. The first-order chi connectivity index (χ1) is 16.5. The number of halogens is 1. The third kappa shape index (κ3) is 4.94. The van der Waals surface area contributed by atoms with Crippen molar-refractivity contribution in [3.63, 3.8) is 0 Å². The minimum Gasteiger partial charge on any atom is -0.481 e. The number of carbonyl (C=O) groups is 1. The Labute approximate surface area is 194 Å². The van der Waals surface area contributed by atoms with E-state index in [1.165, 1.54) is 37.8 Å². The lowest BCUT2D eigenvalue weighted by atomic mass is 10.1. The van der Waals surface area contributed by atoms with Gasteiger partial charge in [0.2, 0.25) is 0 Å². The molecule has 1 amide bonds. The van der Waals surface area contributed by atoms with E-state index >= 15 is 0 Å². The molecule has 0 saturated heterocycles. The molecule has 0 saturated carbocycles. The summed E-state index contributed by atoms with van der Waals surface area (Å²) in [5.41, 5.74) is 13.9. The number of benzene rings is 2. The van der Waals surface area contributed by atoms with Gasteiger partial charge in [0.05, 0.1) is 24.2 Å². The molecule has 0 bridgehead atoms. The topological polar surface area (TPSA) is 154 Å². The maximum Gasteiger partial charge on any atom is 0.254 e. The number of nitrogens with one attached hydrogen (secondary N) is 2. The zero-order valence-corrected chi connectivity index (χ0v) is 18.2. The average molecular weight is 463 g/mol. The Hall–Kier alpha value is -4.51. The maximum absolute atomic E-state index is 13.4. The van der Waals surface area contributed by atoms with E-state index in [0.29, 0.717) is 34.1 Å². The number of nitrogen functional groups attached to an aromatic ring is 1. The maximum atomic E-state index is 13.4. The lowest BCUT2D eigenvalue weighted by Gasteiger charge is -2.20. The van der Waals surface area contributed by atoms with Crippen molar-refractivity contribution in [3.8, 4) is 17.0 Å². The number of aromatic nitrogens is 4. The largest absolute Gasteiger partial charge is 0.481 e. The summed E-state index contributed by atoms with van der Waals surface area (Å²) >= 11 is 0. The average Bonchev–Trinajstić information content (AvgIpc) is 3.25. The molecule has 2 aromatic carbocycles. The first kappa shape index (κ1) is 22.7. The van der Waals surface area contributed by atoms with Crippen LogP contribution in [0.15, 0.2) is 61.1 Å². The number of hydrogen-bond acceptors (Lipinski definition) is 8. The number of amides is 1. The highest BCUT2D eigenvalue weighted by molar-refractivity contribution is 6.04. The van der Waals surface area contributed by atoms with Crippen LogP contribution in [0.5, 0.6) is 5.75 Å². The summed E-state index contributed by atoms with van der Waals surface area (Å²) in [6.07, 6.45) is 3.96. The molecule has 0 aliphatic rings. The Morgan fingerprint density at radius 3 is 2.68 bits per heavy atom. The van der Waals surface area contributed by atoms with Crippen molar-refractivity contribution in [2.45, 2.75) is 6.10 Å². The first-order valence-electron chi connectivity index (χ1n) is 10.2. The lowest BCUT2D eigenvalue weighted by Crippen LogP contribution is -2.15. The number of nitrogens with two attached hydrogens (primary N) is 2. The second kappa shape index (κ2) is 9.96. The summed E-state index contributed by atoms with van der Waals surface area (Å²) in [6.45, 7) is 0.206. The number of hydrogen-bond donors (Lipinski definition) is 4. The number of anilines is 3. The molecule has 1 unspecified atom stereocenters. The standard InChI is InChI=1S/C23H22FN7O3/c1-33-12-18(13-2-5-15(24)6-3-13)34-17-10-14(4-7-16(17)25)21-20(22(26)32)23(31-30-21)29-19-11-27-8-9-28-19/h2-11,18H,12,25H2,1H3,(H2,26,32)(H2,28,29,30,31). The van der Waals surface area contributed by atoms with Gasteiger partial charge in [-0.2, -0.15) is 5.10 Å². The molecule has 0 radical (unpaired) electrons. The molecule has 10 nitrogen and oxygen atoms in total. The molecular formula is C23H22FN7O3. The van der Waals surface area contributed by atoms with Gasteiger partial charge in [0.1, 0.15) is 29.1 Å². The van der Waals surface area contributed by atoms with Gasteiger partial charge in [-0.05, 0) is 29.8 Å². The van der Waals surface area contributed by atoms with Crippen molar-refractivity contribution in [2.24, 2.45) is 5.73 Å². The van der Waals surface area contributed by atoms with E-state index in [1.54, 1.807) is 30.3 Å². The summed E-state index contributed by atoms with van der Waals surface area (Å²) in [7, 11) is 1.54. The lowest BCUT2D eigenvalue weighted by molar-refractivity contribution is 0.0815. The van der Waals surface area contributed by atoms with Gasteiger partial charge in [0.25, 0.3) is 5.91 Å². The number of primary amides is 1. The molecule has 0 aliphatic heterocycles. The number of methoxy groups -OCH3 is 1. The van der Waals surface area contributed by atoms with Crippen molar-refractivity contribution >= 4 is 23.2 Å². The second-order valence-electron chi connectivity index (χ2n) is 7.27. The van der Waals surface area contributed by atoms with Gasteiger partial charge in [-0.25, -0.2) is 9.37 Å². The summed E-state index contributed by atoms with van der Waals surface area (Å²) in [5.74, 6) is -0.113. The minimum atomic E-state index is -0.696. The van der Waals surface area contributed by atoms with Gasteiger partial charge in [0, 0.05) is 25.1 Å². The predicted molar refractivity (Wildman–Crippen MR) is 124 cm³/mol. The highest BCUT2D eigenvalue weighted by Crippen LogP contribution is 2.35. The molecule has 0 fully saturated rings. The van der Waals surface area contributed by atoms with E-state index in [4.69, 9.17) is 20.9 Å². The van der Waals surface area contributed by atoms with Crippen molar-refractivity contribution in [1.82, 2.24) is 20.2 Å². The van der Waals surface area contributed by atoms with Crippen LogP contribution >= 0.6 is 0 Å². The van der Waals surface area contributed by atoms with Gasteiger partial charge in [0.15, 0.2) is 5.82 Å². The summed E-state index contributed by atoms with van der Waals surface area (Å²) in [5, 5.41) is 9.93. The number of rotatable bonds is 9. The van der Waals surface area contributed by atoms with Gasteiger partial charge in [-0.1, -0.05) is 18.2 Å². The Balaban J connectivity index is 1.67. The quantitative estimate of drug-likeness (QED) is 0.276. The van der Waals surface area contributed by atoms with E-state index in [1.807, 2.05) is 0 Å². The van der Waals surface area contributed by atoms with Crippen molar-refractivity contribution in [3.05, 3.63) is 78.0 Å². The van der Waals surface area contributed by atoms with Crippen LogP contribution in [0, 0.1) is 5.82 Å². The van der Waals surface area contributed by atoms with Gasteiger partial charge < -0.3 is 26.3 Å². The molecule has 174 valence electrons. The molecule has 2 heterocycles. The molecule has 34 heavy (non-hydrogen) atoms. The fourth-order valence-electron chi connectivity index (χ4n) is 3.34. The third-order valence-corrected chi connectivity index (χ3v) is 4.95. The van der Waals surface area contributed by atoms with Crippen LogP contribution in [-0.4, -0.2) is 39.8 Å². The number of ether oxygens (including phenoxy) is 2. The molecule has 0 spiro atoms. The van der Waals surface area contributed by atoms with E-state index in [-0.39, 0.29) is 23.8 Å². The van der Waals surface area contributed by atoms with Gasteiger partial charge in [-0.3, -0.25) is 14.9 Å². The molecule has 4 rings (SSSR count). The molecule has 1 atom stereocenters. The van der Waals surface area contributed by atoms with Crippen molar-refractivity contribution in [2.75, 3.05) is 24.8 Å². The zero-order valence-electron chi connectivity index (χ0n) is 18.2. The highest BCUT2D eigenvalue weighted by atomic mass is 19.1. The fourth-order valence-corrected chi connectivity index (χ4v) is 3.34. The van der Waals surface area contributed by atoms with Crippen molar-refractivity contribution < 1.29 is 18.7 Å². The monoisotopic (exact) mass is 463 g/mol. The van der Waals surface area contributed by atoms with Crippen LogP contribution in [0.3, 0.4) is 0 Å². The molecular weight excluding hydrogens is 441 g/mol. The van der Waals surface area contributed by atoms with E-state index in [9.17, 15) is 9.18 Å². The van der Waals surface area contributed by atoms with E-state index < -0.39 is 12.0 Å². The summed E-state index contributed by atoms with van der Waals surface area (Å²) in [4.78, 5) is 20.4. The number of carbonyl (C=O) groups excluding carboxylic acids is 1. The van der Waals surface area contributed by atoms with Gasteiger partial charge >= 0.3 is 0 Å². The Morgan fingerprint density at radius 1 is 1.21 bits per heavy atom. The number of nitrogens with zero attached hydrogens (tertiary/aromatic N) is 3. The zero-order chi connectivity index (χ0) is 24.1. The SMILES string of the molecule is COCC(Oc1cc(-c2[nH]nc(Nc3cnccn3)c2C(N)=O)ccc1N)c1ccc(F)cc1. The predicted octanol–water partition coefficient (Wildman–Crippen LogP) is 3.20. The first-order valence-corrected chi connectivity index (χ1v) is 10.2. The Kier molecular flexibility index (Phi) is 6.64. The van der Waals surface area contributed by atoms with Crippen LogP contribution in [0.1, 0.15) is 22.0 Å². The third-order valence-electron chi connectivity index (χ3n) is 4.95. The highest BCUT2D eigenvalue weighted by Gasteiger charge is 2.22. The summed E-state index contributed by atoms with van der Waals surface area (Å²) < 4.78 is 24.7. The molecule has 4 aromatic rings. The van der Waals surface area contributed by atoms with Crippen LogP contribution in [0.2, 0.25) is 0 Å². The van der Waals surface area contributed by atoms with Crippen LogP contribution in [0.25, 0.3) is 11.3 Å². The molecule has 6 N–H and O–H groups in total. The molecule has 11 heteroatoms. The minimum absolute atomic E-state index is 0.133. The summed E-state index contributed by atoms with van der Waals surface area (Å²) in [6, 6.07) is 10.9. The van der Waals surface area contributed by atoms with Crippen LogP contribution in [0.4, 0.5) is 21.7 Å². The van der Waals surface area contributed by atoms with Crippen molar-refractivity contribution in [1.29, 1.82) is 0 Å². The van der Waals surface area contributed by atoms with Crippen LogP contribution < -0.4 is 21.5 Å². The smallest absolute Gasteiger partial charge is 0.254 e. The van der Waals surface area contributed by atoms with Crippen LogP contribution in [-0.2, 0) is 4.74 Å². The Bertz CT molecular complexity index is 1280. The van der Waals surface area contributed by atoms with Gasteiger partial charge in [-0.15, -0.1) is 0 Å². The number of H-pyrrole nitrogens is 1. The van der Waals surface area contributed by atoms with E-state index in [0.717, 1.165) is 0 Å². The molecule has 0 aliphatic carbocycles. The number of aromatic amines is 1. The molecule has 2 aromatic heterocycles. The normalized spacial score (nSPS) is 11.7. The second-order valence-corrected chi connectivity index (χ2v) is 7.27. The Morgan fingerprint density at radius 2 is 2.00 bits per heavy atom. The van der Waals surface area contributed by atoms with E-state index in [2.05, 4.69) is 25.5 Å².